The standard InChI is InChI=1S/C11H21NO4/c1-11(2,7-5-8-12(13)14)16-10-6-3-4-9-15-10/h10H,3-9H2,1-2H3. The van der Waals surface area contributed by atoms with E-state index in [4.69, 9.17) is 9.47 Å². The molecule has 94 valence electrons. The van der Waals surface area contributed by atoms with Crippen molar-refractivity contribution in [1.29, 1.82) is 0 Å². The summed E-state index contributed by atoms with van der Waals surface area (Å²) in [5.41, 5.74) is -0.335. The van der Waals surface area contributed by atoms with Gasteiger partial charge in [0.15, 0.2) is 6.29 Å². The van der Waals surface area contributed by atoms with E-state index in [1.165, 1.54) is 0 Å². The second-order valence-electron chi connectivity index (χ2n) is 4.83. The van der Waals surface area contributed by atoms with Crippen LogP contribution in [-0.4, -0.2) is 30.0 Å². The highest BCUT2D eigenvalue weighted by Gasteiger charge is 2.25. The minimum Gasteiger partial charge on any atom is -0.353 e. The molecule has 1 unspecified atom stereocenters. The molecule has 16 heavy (non-hydrogen) atoms. The van der Waals surface area contributed by atoms with Crippen molar-refractivity contribution in [3.05, 3.63) is 10.1 Å². The van der Waals surface area contributed by atoms with Crippen LogP contribution in [0, 0.1) is 10.1 Å². The summed E-state index contributed by atoms with van der Waals surface area (Å²) in [7, 11) is 0. The zero-order chi connectivity index (χ0) is 12.0. The van der Waals surface area contributed by atoms with E-state index < -0.39 is 0 Å². The molecule has 0 N–H and O–H groups in total. The van der Waals surface area contributed by atoms with Crippen LogP contribution in [0.2, 0.25) is 0 Å². The highest BCUT2D eigenvalue weighted by molar-refractivity contribution is 4.70. The van der Waals surface area contributed by atoms with Crippen LogP contribution in [-0.2, 0) is 9.47 Å². The van der Waals surface area contributed by atoms with E-state index in [2.05, 4.69) is 0 Å². The second kappa shape index (κ2) is 6.15. The third-order valence-corrected chi connectivity index (χ3v) is 2.71. The average Bonchev–Trinajstić information content (AvgIpc) is 2.17. The first-order chi connectivity index (χ1) is 7.49. The Hall–Kier alpha value is -0.680. The summed E-state index contributed by atoms with van der Waals surface area (Å²) in [6, 6.07) is 0. The molecule has 0 aromatic rings. The van der Waals surface area contributed by atoms with E-state index in [1.54, 1.807) is 0 Å². The Morgan fingerprint density at radius 3 is 2.81 bits per heavy atom. The van der Waals surface area contributed by atoms with E-state index in [1.807, 2.05) is 13.8 Å². The van der Waals surface area contributed by atoms with Gasteiger partial charge in [0.2, 0.25) is 6.54 Å². The molecule has 5 nitrogen and oxygen atoms in total. The molecule has 0 saturated carbocycles. The van der Waals surface area contributed by atoms with Crippen molar-refractivity contribution in [3.8, 4) is 0 Å². The van der Waals surface area contributed by atoms with E-state index in [9.17, 15) is 10.1 Å². The first kappa shape index (κ1) is 13.4. The average molecular weight is 231 g/mol. The fourth-order valence-electron chi connectivity index (χ4n) is 1.85. The molecule has 1 aliphatic rings. The van der Waals surface area contributed by atoms with Crippen molar-refractivity contribution < 1.29 is 14.4 Å². The van der Waals surface area contributed by atoms with Crippen molar-refractivity contribution >= 4 is 0 Å². The summed E-state index contributed by atoms with van der Waals surface area (Å²) in [5.74, 6) is 0. The molecule has 1 atom stereocenters. The Kier molecular flexibility index (Phi) is 5.15. The first-order valence-electron chi connectivity index (χ1n) is 5.91. The lowest BCUT2D eigenvalue weighted by atomic mass is 10.0. The van der Waals surface area contributed by atoms with Gasteiger partial charge in [0.25, 0.3) is 0 Å². The van der Waals surface area contributed by atoms with Crippen LogP contribution in [0.4, 0.5) is 0 Å². The summed E-state index contributed by atoms with van der Waals surface area (Å²) < 4.78 is 11.3. The van der Waals surface area contributed by atoms with Gasteiger partial charge in [0.05, 0.1) is 5.60 Å². The van der Waals surface area contributed by atoms with Gasteiger partial charge in [-0.1, -0.05) is 0 Å². The van der Waals surface area contributed by atoms with Crippen molar-refractivity contribution in [2.24, 2.45) is 0 Å². The normalized spacial score (nSPS) is 22.0. The smallest absolute Gasteiger partial charge is 0.204 e. The fourth-order valence-corrected chi connectivity index (χ4v) is 1.85. The summed E-state index contributed by atoms with van der Waals surface area (Å²) in [5, 5.41) is 10.2. The molecule has 0 spiro atoms. The molecule has 0 aromatic heterocycles. The Balaban J connectivity index is 2.23. The molecule has 0 amide bonds. The van der Waals surface area contributed by atoms with Gasteiger partial charge in [-0.3, -0.25) is 10.1 Å². The molecular weight excluding hydrogens is 210 g/mol. The first-order valence-corrected chi connectivity index (χ1v) is 5.91. The van der Waals surface area contributed by atoms with E-state index in [0.29, 0.717) is 12.8 Å². The minimum atomic E-state index is -0.335. The molecule has 1 aliphatic heterocycles. The molecule has 1 rings (SSSR count). The number of ether oxygens (including phenoxy) is 2. The molecule has 5 heteroatoms. The van der Waals surface area contributed by atoms with Gasteiger partial charge in [0, 0.05) is 18.0 Å². The topological polar surface area (TPSA) is 61.6 Å². The van der Waals surface area contributed by atoms with Gasteiger partial charge in [-0.05, 0) is 39.5 Å². The van der Waals surface area contributed by atoms with Crippen molar-refractivity contribution in [3.63, 3.8) is 0 Å². The zero-order valence-electron chi connectivity index (χ0n) is 10.1. The largest absolute Gasteiger partial charge is 0.353 e. The third-order valence-electron chi connectivity index (χ3n) is 2.71. The molecule has 1 saturated heterocycles. The molecule has 1 fully saturated rings. The zero-order valence-corrected chi connectivity index (χ0v) is 10.1. The van der Waals surface area contributed by atoms with E-state index in [-0.39, 0.29) is 23.4 Å². The summed E-state index contributed by atoms with van der Waals surface area (Å²) in [6.45, 7) is 4.70. The number of nitrogens with zero attached hydrogens (tertiary/aromatic N) is 1. The highest BCUT2D eigenvalue weighted by Crippen LogP contribution is 2.24. The summed E-state index contributed by atoms with van der Waals surface area (Å²) in [4.78, 5) is 9.93. The Bertz CT molecular complexity index is 224. The third kappa shape index (κ3) is 5.42. The van der Waals surface area contributed by atoms with Crippen LogP contribution in [0.3, 0.4) is 0 Å². The van der Waals surface area contributed by atoms with Crippen LogP contribution < -0.4 is 0 Å². The lowest BCUT2D eigenvalue weighted by Crippen LogP contribution is -2.34. The molecule has 0 aliphatic carbocycles. The molecule has 0 bridgehead atoms. The highest BCUT2D eigenvalue weighted by atomic mass is 16.7. The number of hydrogen-bond acceptors (Lipinski definition) is 4. The minimum absolute atomic E-state index is 0.0122. The van der Waals surface area contributed by atoms with Gasteiger partial charge in [0.1, 0.15) is 0 Å². The maximum absolute atomic E-state index is 10.2. The van der Waals surface area contributed by atoms with Crippen molar-refractivity contribution in [2.75, 3.05) is 13.2 Å². The SMILES string of the molecule is CC(C)(CCC[N+](=O)[O-])OC1CCCCO1. The predicted molar refractivity (Wildman–Crippen MR) is 59.9 cm³/mol. The quantitative estimate of drug-likeness (QED) is 0.520. The summed E-state index contributed by atoms with van der Waals surface area (Å²) >= 11 is 0. The lowest BCUT2D eigenvalue weighted by Gasteiger charge is -2.32. The van der Waals surface area contributed by atoms with Gasteiger partial charge < -0.3 is 9.47 Å². The van der Waals surface area contributed by atoms with E-state index >= 15 is 0 Å². The van der Waals surface area contributed by atoms with Gasteiger partial charge in [-0.25, -0.2) is 0 Å². The monoisotopic (exact) mass is 231 g/mol. The molecule has 0 aromatic carbocycles. The van der Waals surface area contributed by atoms with Crippen LogP contribution in [0.25, 0.3) is 0 Å². The number of rotatable bonds is 6. The predicted octanol–water partition coefficient (Wildman–Crippen LogP) is 2.37. The van der Waals surface area contributed by atoms with Crippen LogP contribution in [0.5, 0.6) is 0 Å². The Morgan fingerprint density at radius 2 is 2.25 bits per heavy atom. The van der Waals surface area contributed by atoms with Gasteiger partial charge in [-0.2, -0.15) is 0 Å². The second-order valence-corrected chi connectivity index (χ2v) is 4.83. The fraction of sp³-hybridized carbons (Fsp3) is 1.00. The maximum atomic E-state index is 10.2. The van der Waals surface area contributed by atoms with Gasteiger partial charge in [-0.15, -0.1) is 0 Å². The van der Waals surface area contributed by atoms with Gasteiger partial charge >= 0.3 is 0 Å². The van der Waals surface area contributed by atoms with Crippen LogP contribution >= 0.6 is 0 Å². The lowest BCUT2D eigenvalue weighted by molar-refractivity contribution is -0.481. The van der Waals surface area contributed by atoms with Crippen LogP contribution in [0.1, 0.15) is 46.0 Å². The molecule has 0 radical (unpaired) electrons. The summed E-state index contributed by atoms with van der Waals surface area (Å²) in [6.07, 6.45) is 4.27. The maximum Gasteiger partial charge on any atom is 0.204 e. The number of nitro groups is 1. The molecular formula is C11H21NO4. The van der Waals surface area contributed by atoms with Crippen molar-refractivity contribution in [1.82, 2.24) is 0 Å². The van der Waals surface area contributed by atoms with Crippen LogP contribution in [0.15, 0.2) is 0 Å². The Morgan fingerprint density at radius 1 is 1.50 bits per heavy atom. The number of hydrogen-bond donors (Lipinski definition) is 0. The van der Waals surface area contributed by atoms with Crippen molar-refractivity contribution in [2.45, 2.75) is 57.8 Å². The Labute approximate surface area is 96.3 Å². The van der Waals surface area contributed by atoms with E-state index in [0.717, 1.165) is 25.9 Å². The molecule has 1 heterocycles.